The lowest BCUT2D eigenvalue weighted by Crippen LogP contribution is -2.32. The van der Waals surface area contributed by atoms with Crippen molar-refractivity contribution >= 4 is 5.95 Å². The first-order chi connectivity index (χ1) is 18.6. The van der Waals surface area contributed by atoms with E-state index >= 15 is 0 Å². The monoisotopic (exact) mass is 504 g/mol. The molecule has 3 aromatic carbocycles. The van der Waals surface area contributed by atoms with Gasteiger partial charge < -0.3 is 10.2 Å². The van der Waals surface area contributed by atoms with Crippen LogP contribution in [-0.4, -0.2) is 21.0 Å². The fraction of sp³-hybridized carbons (Fsp3) is 0.188. The molecule has 0 aliphatic rings. The molecule has 0 bridgehead atoms. The summed E-state index contributed by atoms with van der Waals surface area (Å²) in [6, 6.07) is 34.4. The molecule has 0 aliphatic carbocycles. The molecular weight excluding hydrogens is 472 g/mol. The second-order valence-electron chi connectivity index (χ2n) is 9.46. The summed E-state index contributed by atoms with van der Waals surface area (Å²) < 4.78 is 7.09. The molecule has 0 saturated carbocycles. The molecule has 0 fully saturated rings. The number of nitrogens with two attached hydrogens (primary N) is 1. The summed E-state index contributed by atoms with van der Waals surface area (Å²) >= 11 is 0. The van der Waals surface area contributed by atoms with Gasteiger partial charge in [0.1, 0.15) is 5.76 Å². The largest absolute Gasteiger partial charge is 0.464 e. The van der Waals surface area contributed by atoms with E-state index in [2.05, 4.69) is 70.5 Å². The van der Waals surface area contributed by atoms with Crippen molar-refractivity contribution in [2.75, 3.05) is 12.3 Å². The number of benzene rings is 3. The maximum atomic E-state index is 13.0. The Morgan fingerprint density at radius 1 is 0.763 bits per heavy atom. The fourth-order valence-electron chi connectivity index (χ4n) is 4.66. The van der Waals surface area contributed by atoms with Gasteiger partial charge >= 0.3 is 0 Å². The first-order valence-electron chi connectivity index (χ1n) is 12.9. The molecule has 5 rings (SSSR count). The van der Waals surface area contributed by atoms with E-state index in [9.17, 15) is 4.79 Å². The third kappa shape index (κ3) is 6.66. The maximum Gasteiger partial charge on any atom is 0.255 e. The van der Waals surface area contributed by atoms with Gasteiger partial charge in [-0.3, -0.25) is 14.3 Å². The SMILES string of the molecule is Nc1nc(CCc2cccc(-c3ccco3)c2)cc(=O)n1CCN(Cc1ccccc1)Cc1ccccc1. The summed E-state index contributed by atoms with van der Waals surface area (Å²) in [6.07, 6.45) is 3.06. The van der Waals surface area contributed by atoms with Crippen LogP contribution in [0.25, 0.3) is 11.3 Å². The quantitative estimate of drug-likeness (QED) is 0.254. The zero-order chi connectivity index (χ0) is 26.2. The van der Waals surface area contributed by atoms with Crippen LogP contribution in [-0.2, 0) is 32.5 Å². The van der Waals surface area contributed by atoms with Crippen LogP contribution in [0.3, 0.4) is 0 Å². The van der Waals surface area contributed by atoms with E-state index in [0.717, 1.165) is 36.4 Å². The van der Waals surface area contributed by atoms with Crippen molar-refractivity contribution in [3.63, 3.8) is 0 Å². The molecule has 0 radical (unpaired) electrons. The predicted octanol–water partition coefficient (Wildman–Crippen LogP) is 5.57. The minimum atomic E-state index is -0.115. The maximum absolute atomic E-state index is 13.0. The summed E-state index contributed by atoms with van der Waals surface area (Å²) in [4.78, 5) is 19.9. The number of hydrogen-bond acceptors (Lipinski definition) is 5. The van der Waals surface area contributed by atoms with Crippen LogP contribution in [0.1, 0.15) is 22.4 Å². The molecule has 0 amide bonds. The van der Waals surface area contributed by atoms with Crippen molar-refractivity contribution in [2.45, 2.75) is 32.5 Å². The number of nitrogen functional groups attached to an aromatic ring is 1. The Morgan fingerprint density at radius 2 is 1.45 bits per heavy atom. The highest BCUT2D eigenvalue weighted by Crippen LogP contribution is 2.21. The average molecular weight is 505 g/mol. The molecule has 0 atom stereocenters. The third-order valence-electron chi connectivity index (χ3n) is 6.63. The first-order valence-corrected chi connectivity index (χ1v) is 12.9. The average Bonchev–Trinajstić information content (AvgIpc) is 3.48. The van der Waals surface area contributed by atoms with Gasteiger partial charge in [-0.15, -0.1) is 0 Å². The van der Waals surface area contributed by atoms with Crippen molar-refractivity contribution in [3.05, 3.63) is 142 Å². The van der Waals surface area contributed by atoms with Gasteiger partial charge in [0, 0.05) is 37.8 Å². The van der Waals surface area contributed by atoms with Gasteiger partial charge in [0.15, 0.2) is 0 Å². The number of rotatable bonds is 11. The number of hydrogen-bond donors (Lipinski definition) is 1. The van der Waals surface area contributed by atoms with E-state index in [1.807, 2.05) is 36.4 Å². The molecule has 2 N–H and O–H groups in total. The lowest BCUT2D eigenvalue weighted by atomic mass is 10.0. The molecule has 2 aromatic heterocycles. The Labute approximate surface area is 223 Å². The molecule has 0 spiro atoms. The third-order valence-corrected chi connectivity index (χ3v) is 6.63. The number of aryl methyl sites for hydroxylation is 2. The standard InChI is InChI=1S/C32H32N4O2/c33-32-34-29(17-16-25-13-7-14-28(21-25)30-15-8-20-38-30)22-31(37)36(32)19-18-35(23-26-9-3-1-4-10-26)24-27-11-5-2-6-12-27/h1-15,20-22H,16-19,23-24H2,(H2,33,34). The fourth-order valence-corrected chi connectivity index (χ4v) is 4.66. The van der Waals surface area contributed by atoms with Crippen LogP contribution in [0.5, 0.6) is 0 Å². The second-order valence-corrected chi connectivity index (χ2v) is 9.46. The van der Waals surface area contributed by atoms with Gasteiger partial charge in [-0.1, -0.05) is 78.9 Å². The lowest BCUT2D eigenvalue weighted by molar-refractivity contribution is 0.245. The van der Waals surface area contributed by atoms with Crippen LogP contribution in [0.2, 0.25) is 0 Å². The summed E-state index contributed by atoms with van der Waals surface area (Å²) in [5, 5.41) is 0. The molecule has 0 unspecified atom stereocenters. The van der Waals surface area contributed by atoms with E-state index in [4.69, 9.17) is 10.2 Å². The molecule has 6 nitrogen and oxygen atoms in total. The topological polar surface area (TPSA) is 77.3 Å². The Morgan fingerprint density at radius 3 is 2.08 bits per heavy atom. The van der Waals surface area contributed by atoms with E-state index in [0.29, 0.717) is 25.2 Å². The van der Waals surface area contributed by atoms with Gasteiger partial charge in [0.2, 0.25) is 5.95 Å². The molecule has 192 valence electrons. The molecule has 38 heavy (non-hydrogen) atoms. The predicted molar refractivity (Wildman–Crippen MR) is 151 cm³/mol. The first kappa shape index (κ1) is 25.2. The number of nitrogens with zero attached hydrogens (tertiary/aromatic N) is 3. The van der Waals surface area contributed by atoms with Crippen molar-refractivity contribution < 1.29 is 4.42 Å². The zero-order valence-corrected chi connectivity index (χ0v) is 21.4. The van der Waals surface area contributed by atoms with Gasteiger partial charge in [-0.25, -0.2) is 4.98 Å². The summed E-state index contributed by atoms with van der Waals surface area (Å²) in [5.41, 5.74) is 11.5. The summed E-state index contributed by atoms with van der Waals surface area (Å²) in [5.74, 6) is 1.10. The van der Waals surface area contributed by atoms with Crippen molar-refractivity contribution in [3.8, 4) is 11.3 Å². The molecular formula is C32H32N4O2. The highest BCUT2D eigenvalue weighted by Gasteiger charge is 2.12. The Kier molecular flexibility index (Phi) is 8.11. The molecule has 2 heterocycles. The number of aromatic nitrogens is 2. The van der Waals surface area contributed by atoms with Gasteiger partial charge in [-0.2, -0.15) is 0 Å². The smallest absolute Gasteiger partial charge is 0.255 e. The van der Waals surface area contributed by atoms with Crippen LogP contribution in [0.15, 0.2) is 119 Å². The Balaban J connectivity index is 1.25. The highest BCUT2D eigenvalue weighted by atomic mass is 16.3. The number of furan rings is 1. The number of anilines is 1. The summed E-state index contributed by atoms with van der Waals surface area (Å²) in [6.45, 7) is 2.72. The molecule has 0 aliphatic heterocycles. The lowest BCUT2D eigenvalue weighted by Gasteiger charge is -2.23. The molecule has 5 aromatic rings. The van der Waals surface area contributed by atoms with Crippen LogP contribution in [0.4, 0.5) is 5.95 Å². The van der Waals surface area contributed by atoms with Crippen LogP contribution >= 0.6 is 0 Å². The Bertz CT molecular complexity index is 1450. The zero-order valence-electron chi connectivity index (χ0n) is 21.4. The van der Waals surface area contributed by atoms with E-state index in [1.54, 1.807) is 16.9 Å². The highest BCUT2D eigenvalue weighted by molar-refractivity contribution is 5.58. The van der Waals surface area contributed by atoms with E-state index in [-0.39, 0.29) is 11.5 Å². The van der Waals surface area contributed by atoms with Gasteiger partial charge in [0.25, 0.3) is 5.56 Å². The molecule has 0 saturated heterocycles. The molecule has 6 heteroatoms. The van der Waals surface area contributed by atoms with Crippen molar-refractivity contribution in [1.29, 1.82) is 0 Å². The van der Waals surface area contributed by atoms with Crippen LogP contribution < -0.4 is 11.3 Å². The minimum absolute atomic E-state index is 0.115. The Hall–Kier alpha value is -4.42. The van der Waals surface area contributed by atoms with Crippen LogP contribution in [0, 0.1) is 0 Å². The second kappa shape index (κ2) is 12.2. The normalized spacial score (nSPS) is 11.2. The summed E-state index contributed by atoms with van der Waals surface area (Å²) in [7, 11) is 0. The van der Waals surface area contributed by atoms with E-state index < -0.39 is 0 Å². The van der Waals surface area contributed by atoms with Crippen molar-refractivity contribution in [2.24, 2.45) is 0 Å². The van der Waals surface area contributed by atoms with E-state index in [1.165, 1.54) is 11.1 Å². The van der Waals surface area contributed by atoms with Gasteiger partial charge in [-0.05, 0) is 47.7 Å². The van der Waals surface area contributed by atoms with Gasteiger partial charge in [0.05, 0.1) is 12.0 Å². The van der Waals surface area contributed by atoms with Crippen molar-refractivity contribution in [1.82, 2.24) is 14.5 Å². The minimum Gasteiger partial charge on any atom is -0.464 e.